The molecule has 0 bridgehead atoms. The number of ether oxygens (including phenoxy) is 1. The zero-order valence-electron chi connectivity index (χ0n) is 14.3. The lowest BCUT2D eigenvalue weighted by atomic mass is 10.1. The van der Waals surface area contributed by atoms with Gasteiger partial charge in [0.15, 0.2) is 0 Å². The molecule has 1 atom stereocenters. The number of carbonyl (C=O) groups excluding carboxylic acids is 1. The van der Waals surface area contributed by atoms with Gasteiger partial charge < -0.3 is 14.6 Å². The molecule has 2 aromatic heterocycles. The third-order valence-corrected chi connectivity index (χ3v) is 4.12. The van der Waals surface area contributed by atoms with Gasteiger partial charge in [-0.1, -0.05) is 13.8 Å². The van der Waals surface area contributed by atoms with E-state index in [9.17, 15) is 4.79 Å². The van der Waals surface area contributed by atoms with Crippen molar-refractivity contribution in [1.82, 2.24) is 25.1 Å². The zero-order chi connectivity index (χ0) is 17.1. The van der Waals surface area contributed by atoms with E-state index in [1.807, 2.05) is 6.92 Å². The summed E-state index contributed by atoms with van der Waals surface area (Å²) in [6.45, 7) is 7.25. The van der Waals surface area contributed by atoms with Crippen molar-refractivity contribution < 1.29 is 9.53 Å². The predicted molar refractivity (Wildman–Crippen MR) is 89.1 cm³/mol. The molecule has 24 heavy (non-hydrogen) atoms. The summed E-state index contributed by atoms with van der Waals surface area (Å²) in [4.78, 5) is 16.7. The van der Waals surface area contributed by atoms with E-state index in [4.69, 9.17) is 4.74 Å². The van der Waals surface area contributed by atoms with E-state index >= 15 is 0 Å². The average Bonchev–Trinajstić information content (AvgIpc) is 2.99. The molecule has 7 heteroatoms. The summed E-state index contributed by atoms with van der Waals surface area (Å²) < 4.78 is 7.58. The quantitative estimate of drug-likeness (QED) is 0.906. The fourth-order valence-corrected chi connectivity index (χ4v) is 2.97. The first kappa shape index (κ1) is 16.4. The summed E-state index contributed by atoms with van der Waals surface area (Å²) in [6.07, 6.45) is 3.29. The molecule has 2 aromatic rings. The summed E-state index contributed by atoms with van der Waals surface area (Å²) in [5.74, 6) is 2.50. The lowest BCUT2D eigenvalue weighted by Crippen LogP contribution is -2.41. The van der Waals surface area contributed by atoms with Crippen molar-refractivity contribution in [3.8, 4) is 5.88 Å². The number of nitrogens with one attached hydrogen (secondary N) is 1. The molecule has 7 nitrogen and oxygen atoms in total. The maximum Gasteiger partial charge on any atom is 0.257 e. The van der Waals surface area contributed by atoms with Gasteiger partial charge in [-0.05, 0) is 25.5 Å². The first-order valence-corrected chi connectivity index (χ1v) is 8.40. The van der Waals surface area contributed by atoms with Crippen molar-refractivity contribution in [1.29, 1.82) is 0 Å². The van der Waals surface area contributed by atoms with Gasteiger partial charge >= 0.3 is 0 Å². The molecule has 1 aliphatic rings. The number of nitrogens with zero attached hydrogens (tertiary/aromatic N) is 4. The Morgan fingerprint density at radius 1 is 1.46 bits per heavy atom. The highest BCUT2D eigenvalue weighted by molar-refractivity contribution is 5.96. The lowest BCUT2D eigenvalue weighted by Gasteiger charge is -2.26. The van der Waals surface area contributed by atoms with E-state index in [-0.39, 0.29) is 11.9 Å². The van der Waals surface area contributed by atoms with Gasteiger partial charge in [-0.25, -0.2) is 4.98 Å². The van der Waals surface area contributed by atoms with Gasteiger partial charge in [0.1, 0.15) is 17.2 Å². The van der Waals surface area contributed by atoms with Crippen molar-refractivity contribution in [2.75, 3.05) is 6.61 Å². The van der Waals surface area contributed by atoms with E-state index in [1.54, 1.807) is 18.3 Å². The van der Waals surface area contributed by atoms with Crippen molar-refractivity contribution in [2.24, 2.45) is 0 Å². The van der Waals surface area contributed by atoms with Crippen molar-refractivity contribution in [3.63, 3.8) is 0 Å². The summed E-state index contributed by atoms with van der Waals surface area (Å²) in [5.41, 5.74) is 0.470. The molecule has 0 fully saturated rings. The second-order valence-electron chi connectivity index (χ2n) is 6.24. The minimum absolute atomic E-state index is 0.0492. The summed E-state index contributed by atoms with van der Waals surface area (Å²) in [6, 6.07) is 3.53. The highest BCUT2D eigenvalue weighted by Crippen LogP contribution is 2.21. The van der Waals surface area contributed by atoms with Crippen LogP contribution in [-0.2, 0) is 13.0 Å². The summed E-state index contributed by atoms with van der Waals surface area (Å²) in [5, 5.41) is 11.6. The number of aromatic nitrogens is 4. The Kier molecular flexibility index (Phi) is 4.78. The highest BCUT2D eigenvalue weighted by atomic mass is 16.5. The molecular weight excluding hydrogens is 306 g/mol. The number of hydrogen-bond donors (Lipinski definition) is 1. The third kappa shape index (κ3) is 3.25. The maximum absolute atomic E-state index is 12.6. The van der Waals surface area contributed by atoms with E-state index in [0.717, 1.165) is 24.5 Å². The Labute approximate surface area is 141 Å². The van der Waals surface area contributed by atoms with Crippen LogP contribution >= 0.6 is 0 Å². The van der Waals surface area contributed by atoms with Crippen LogP contribution in [0.5, 0.6) is 5.88 Å². The van der Waals surface area contributed by atoms with Gasteiger partial charge in [0.25, 0.3) is 5.91 Å². The van der Waals surface area contributed by atoms with Crippen LogP contribution in [0, 0.1) is 0 Å². The van der Waals surface area contributed by atoms with E-state index in [0.29, 0.717) is 30.5 Å². The fraction of sp³-hybridized carbons (Fsp3) is 0.529. The van der Waals surface area contributed by atoms with Crippen LogP contribution in [0.1, 0.15) is 55.1 Å². The Bertz CT molecular complexity index is 726. The van der Waals surface area contributed by atoms with Crippen LogP contribution in [0.2, 0.25) is 0 Å². The molecule has 0 spiro atoms. The second-order valence-corrected chi connectivity index (χ2v) is 6.24. The molecule has 1 amide bonds. The number of amides is 1. The zero-order valence-corrected chi connectivity index (χ0v) is 14.3. The average molecular weight is 329 g/mol. The largest absolute Gasteiger partial charge is 0.477 e. The number of carbonyl (C=O) groups is 1. The first-order chi connectivity index (χ1) is 11.6. The minimum Gasteiger partial charge on any atom is -0.477 e. The molecule has 0 saturated carbocycles. The molecule has 1 aliphatic heterocycles. The molecule has 0 aromatic carbocycles. The standard InChI is InChI=1S/C17H23N5O2/c1-4-24-17-13(6-5-9-18-17)16(23)19-12-7-8-14-20-21-15(11(2)3)22(14)10-12/h5-6,9,11-12H,4,7-8,10H2,1-3H3,(H,19,23)/t12-/m0/s1. The van der Waals surface area contributed by atoms with Crippen LogP contribution < -0.4 is 10.1 Å². The molecule has 0 saturated heterocycles. The van der Waals surface area contributed by atoms with Gasteiger partial charge in [0.05, 0.1) is 6.61 Å². The molecule has 0 unspecified atom stereocenters. The second kappa shape index (κ2) is 6.98. The van der Waals surface area contributed by atoms with Gasteiger partial charge in [-0.15, -0.1) is 10.2 Å². The minimum atomic E-state index is -0.154. The molecule has 1 N–H and O–H groups in total. The smallest absolute Gasteiger partial charge is 0.257 e. The van der Waals surface area contributed by atoms with Gasteiger partial charge in [0.2, 0.25) is 5.88 Å². The maximum atomic E-state index is 12.6. The topological polar surface area (TPSA) is 81.9 Å². The normalized spacial score (nSPS) is 16.8. The number of aryl methyl sites for hydroxylation is 1. The number of fused-ring (bicyclic) bond motifs is 1. The molecule has 128 valence electrons. The van der Waals surface area contributed by atoms with Gasteiger partial charge in [-0.3, -0.25) is 4.79 Å². The molecule has 0 radical (unpaired) electrons. The van der Waals surface area contributed by atoms with Gasteiger partial charge in [0, 0.05) is 31.1 Å². The van der Waals surface area contributed by atoms with Crippen LogP contribution in [0.4, 0.5) is 0 Å². The SMILES string of the molecule is CCOc1ncccc1C(=O)N[C@H]1CCc2nnc(C(C)C)n2C1. The van der Waals surface area contributed by atoms with Gasteiger partial charge in [-0.2, -0.15) is 0 Å². The highest BCUT2D eigenvalue weighted by Gasteiger charge is 2.26. The Morgan fingerprint density at radius 2 is 2.29 bits per heavy atom. The van der Waals surface area contributed by atoms with Crippen LogP contribution in [0.25, 0.3) is 0 Å². The molecule has 3 rings (SSSR count). The van der Waals surface area contributed by atoms with Crippen molar-refractivity contribution in [2.45, 2.75) is 52.1 Å². The molecule has 0 aliphatic carbocycles. The first-order valence-electron chi connectivity index (χ1n) is 8.40. The van der Waals surface area contributed by atoms with Crippen molar-refractivity contribution in [3.05, 3.63) is 35.5 Å². The Balaban J connectivity index is 1.73. The number of hydrogen-bond acceptors (Lipinski definition) is 5. The number of pyridine rings is 1. The number of rotatable bonds is 5. The van der Waals surface area contributed by atoms with Crippen molar-refractivity contribution >= 4 is 5.91 Å². The van der Waals surface area contributed by atoms with E-state index in [1.165, 1.54) is 0 Å². The van der Waals surface area contributed by atoms with Crippen LogP contribution in [0.3, 0.4) is 0 Å². The predicted octanol–water partition coefficient (Wildman–Crippen LogP) is 1.94. The Hall–Kier alpha value is -2.44. The third-order valence-electron chi connectivity index (χ3n) is 4.12. The lowest BCUT2D eigenvalue weighted by molar-refractivity contribution is 0.0922. The molecule has 3 heterocycles. The Morgan fingerprint density at radius 3 is 3.04 bits per heavy atom. The van der Waals surface area contributed by atoms with Crippen LogP contribution in [0.15, 0.2) is 18.3 Å². The fourth-order valence-electron chi connectivity index (χ4n) is 2.97. The summed E-state index contributed by atoms with van der Waals surface area (Å²) in [7, 11) is 0. The summed E-state index contributed by atoms with van der Waals surface area (Å²) >= 11 is 0. The van der Waals surface area contributed by atoms with Crippen LogP contribution in [-0.4, -0.2) is 38.3 Å². The monoisotopic (exact) mass is 329 g/mol. The molecular formula is C17H23N5O2. The van der Waals surface area contributed by atoms with E-state index < -0.39 is 0 Å². The van der Waals surface area contributed by atoms with E-state index in [2.05, 4.69) is 38.9 Å².